The third kappa shape index (κ3) is 4.42. The fraction of sp³-hybridized carbons (Fsp3) is 0.158. The third-order valence-electron chi connectivity index (χ3n) is 3.30. The summed E-state index contributed by atoms with van der Waals surface area (Å²) in [6, 6.07) is 17.3. The molecule has 0 spiro atoms. The normalized spacial score (nSPS) is 10.6. The Hall–Kier alpha value is -2.68. The van der Waals surface area contributed by atoms with Crippen molar-refractivity contribution in [1.29, 1.82) is 0 Å². The molecule has 2 rings (SSSR count). The average molecular weight is 294 g/mol. The van der Waals surface area contributed by atoms with Gasteiger partial charge >= 0.3 is 5.97 Å². The van der Waals surface area contributed by atoms with Gasteiger partial charge in [0.1, 0.15) is 6.42 Å². The Morgan fingerprint density at radius 1 is 1.00 bits per heavy atom. The highest BCUT2D eigenvalue weighted by Crippen LogP contribution is 2.14. The second kappa shape index (κ2) is 7.93. The van der Waals surface area contributed by atoms with Crippen LogP contribution in [-0.4, -0.2) is 18.9 Å². The van der Waals surface area contributed by atoms with Crippen LogP contribution in [0.25, 0.3) is 6.08 Å². The lowest BCUT2D eigenvalue weighted by Crippen LogP contribution is -2.11. The Kier molecular flexibility index (Phi) is 5.66. The summed E-state index contributed by atoms with van der Waals surface area (Å²) in [5.74, 6) is -0.727. The lowest BCUT2D eigenvalue weighted by Gasteiger charge is -2.06. The number of hydrogen-bond donors (Lipinski definition) is 0. The molecule has 0 N–H and O–H groups in total. The highest BCUT2D eigenvalue weighted by molar-refractivity contribution is 6.06. The molecule has 0 aromatic heterocycles. The Balaban J connectivity index is 2.10. The van der Waals surface area contributed by atoms with E-state index in [0.717, 1.165) is 11.1 Å². The molecule has 0 bridgehead atoms. The lowest BCUT2D eigenvalue weighted by atomic mass is 9.99. The van der Waals surface area contributed by atoms with Crippen LogP contribution < -0.4 is 0 Å². The van der Waals surface area contributed by atoms with E-state index in [0.29, 0.717) is 12.0 Å². The minimum atomic E-state index is -0.514. The minimum absolute atomic E-state index is 0.212. The van der Waals surface area contributed by atoms with Crippen molar-refractivity contribution in [3.8, 4) is 0 Å². The number of carbonyl (C=O) groups excluding carboxylic acids is 2. The predicted octanol–water partition coefficient (Wildman–Crippen LogP) is 3.69. The lowest BCUT2D eigenvalue weighted by molar-refractivity contribution is -0.139. The molecule has 0 aliphatic carbocycles. The van der Waals surface area contributed by atoms with Gasteiger partial charge < -0.3 is 4.74 Å². The van der Waals surface area contributed by atoms with Gasteiger partial charge in [0.2, 0.25) is 0 Å². The van der Waals surface area contributed by atoms with Crippen molar-refractivity contribution in [2.75, 3.05) is 7.11 Å². The van der Waals surface area contributed by atoms with Gasteiger partial charge in [-0.15, -0.1) is 0 Å². The molecule has 0 fully saturated rings. The van der Waals surface area contributed by atoms with Gasteiger partial charge in [0, 0.05) is 5.56 Å². The summed E-state index contributed by atoms with van der Waals surface area (Å²) >= 11 is 0. The van der Waals surface area contributed by atoms with Crippen molar-refractivity contribution in [3.63, 3.8) is 0 Å². The highest BCUT2D eigenvalue weighted by atomic mass is 16.5. The van der Waals surface area contributed by atoms with Crippen molar-refractivity contribution < 1.29 is 14.3 Å². The number of hydrogen-bond acceptors (Lipinski definition) is 3. The molecule has 0 unspecified atom stereocenters. The molecule has 2 aromatic rings. The van der Waals surface area contributed by atoms with Crippen LogP contribution in [0.15, 0.2) is 60.7 Å². The van der Waals surface area contributed by atoms with Crippen molar-refractivity contribution in [2.45, 2.75) is 12.8 Å². The number of benzene rings is 2. The summed E-state index contributed by atoms with van der Waals surface area (Å²) < 4.78 is 4.55. The zero-order chi connectivity index (χ0) is 15.8. The maximum Gasteiger partial charge on any atom is 0.313 e. The van der Waals surface area contributed by atoms with E-state index in [1.165, 1.54) is 7.11 Å². The maximum atomic E-state index is 12.1. The van der Waals surface area contributed by atoms with Crippen LogP contribution in [0.1, 0.15) is 27.9 Å². The van der Waals surface area contributed by atoms with Crippen molar-refractivity contribution >= 4 is 17.8 Å². The van der Waals surface area contributed by atoms with Crippen LogP contribution >= 0.6 is 0 Å². The van der Waals surface area contributed by atoms with E-state index < -0.39 is 5.97 Å². The fourth-order valence-electron chi connectivity index (χ4n) is 2.15. The summed E-state index contributed by atoms with van der Waals surface area (Å²) in [5, 5.41) is 0. The van der Waals surface area contributed by atoms with Crippen LogP contribution in [0.5, 0.6) is 0 Å². The molecule has 0 aliphatic heterocycles. The number of methoxy groups -OCH3 is 1. The summed E-state index contributed by atoms with van der Waals surface area (Å²) in [7, 11) is 1.28. The van der Waals surface area contributed by atoms with E-state index in [9.17, 15) is 9.59 Å². The Morgan fingerprint density at radius 2 is 1.68 bits per heavy atom. The molecule has 0 radical (unpaired) electrons. The number of ether oxygens (including phenoxy) is 1. The van der Waals surface area contributed by atoms with Crippen LogP contribution in [0.3, 0.4) is 0 Å². The third-order valence-corrected chi connectivity index (χ3v) is 3.30. The quantitative estimate of drug-likeness (QED) is 0.463. The molecule has 0 heterocycles. The SMILES string of the molecule is COC(=O)CC(=O)c1ccccc1C/C=C/c1ccccc1. The van der Waals surface area contributed by atoms with Crippen LogP contribution in [0, 0.1) is 0 Å². The predicted molar refractivity (Wildman–Crippen MR) is 86.6 cm³/mol. The van der Waals surface area contributed by atoms with Gasteiger partial charge in [0.05, 0.1) is 7.11 Å². The monoisotopic (exact) mass is 294 g/mol. The molecule has 0 saturated heterocycles. The molecular weight excluding hydrogens is 276 g/mol. The van der Waals surface area contributed by atoms with Crippen LogP contribution in [0.4, 0.5) is 0 Å². The van der Waals surface area contributed by atoms with E-state index in [2.05, 4.69) is 4.74 Å². The first kappa shape index (κ1) is 15.7. The number of rotatable bonds is 6. The molecule has 0 atom stereocenters. The number of esters is 1. The van der Waals surface area contributed by atoms with E-state index >= 15 is 0 Å². The zero-order valence-electron chi connectivity index (χ0n) is 12.5. The first-order valence-electron chi connectivity index (χ1n) is 7.10. The van der Waals surface area contributed by atoms with Crippen molar-refractivity contribution in [2.24, 2.45) is 0 Å². The number of carbonyl (C=O) groups is 2. The zero-order valence-corrected chi connectivity index (χ0v) is 12.5. The summed E-state index contributed by atoms with van der Waals surface area (Å²) in [5.41, 5.74) is 2.59. The molecule has 0 saturated carbocycles. The van der Waals surface area contributed by atoms with Crippen molar-refractivity contribution in [3.05, 3.63) is 77.4 Å². The molecular formula is C19H18O3. The van der Waals surface area contributed by atoms with Crippen LogP contribution in [-0.2, 0) is 16.0 Å². The summed E-state index contributed by atoms with van der Waals surface area (Å²) in [6.07, 6.45) is 4.44. The largest absolute Gasteiger partial charge is 0.469 e. The molecule has 22 heavy (non-hydrogen) atoms. The van der Waals surface area contributed by atoms with E-state index in [1.54, 1.807) is 12.1 Å². The minimum Gasteiger partial charge on any atom is -0.469 e. The van der Waals surface area contributed by atoms with Gasteiger partial charge in [0.25, 0.3) is 0 Å². The maximum absolute atomic E-state index is 12.1. The van der Waals surface area contributed by atoms with E-state index in [-0.39, 0.29) is 12.2 Å². The Labute approximate surface area is 130 Å². The molecule has 0 amide bonds. The van der Waals surface area contributed by atoms with Gasteiger partial charge in [-0.3, -0.25) is 9.59 Å². The average Bonchev–Trinajstić information content (AvgIpc) is 2.56. The number of Topliss-reactive ketones (excluding diaryl/α,β-unsaturated/α-hetero) is 1. The molecule has 0 aliphatic rings. The smallest absolute Gasteiger partial charge is 0.313 e. The first-order chi connectivity index (χ1) is 10.7. The number of ketones is 1. The second-order valence-electron chi connectivity index (χ2n) is 4.85. The van der Waals surface area contributed by atoms with E-state index in [1.807, 2.05) is 54.6 Å². The number of allylic oxidation sites excluding steroid dienone is 1. The molecule has 3 nitrogen and oxygen atoms in total. The fourth-order valence-corrected chi connectivity index (χ4v) is 2.15. The van der Waals surface area contributed by atoms with Crippen LogP contribution in [0.2, 0.25) is 0 Å². The Morgan fingerprint density at radius 3 is 2.41 bits per heavy atom. The van der Waals surface area contributed by atoms with Crippen molar-refractivity contribution in [1.82, 2.24) is 0 Å². The molecule has 2 aromatic carbocycles. The van der Waals surface area contributed by atoms with Gasteiger partial charge in [-0.2, -0.15) is 0 Å². The van der Waals surface area contributed by atoms with Gasteiger partial charge in [-0.25, -0.2) is 0 Å². The Bertz CT molecular complexity index is 672. The van der Waals surface area contributed by atoms with E-state index in [4.69, 9.17) is 0 Å². The molecule has 3 heteroatoms. The van der Waals surface area contributed by atoms with Gasteiger partial charge in [-0.05, 0) is 17.5 Å². The first-order valence-corrected chi connectivity index (χ1v) is 7.10. The van der Waals surface area contributed by atoms with Gasteiger partial charge in [-0.1, -0.05) is 66.7 Å². The molecule has 112 valence electrons. The van der Waals surface area contributed by atoms with Gasteiger partial charge in [0.15, 0.2) is 5.78 Å². The topological polar surface area (TPSA) is 43.4 Å². The summed E-state index contributed by atoms with van der Waals surface area (Å²) in [4.78, 5) is 23.4. The summed E-state index contributed by atoms with van der Waals surface area (Å²) in [6.45, 7) is 0. The highest BCUT2D eigenvalue weighted by Gasteiger charge is 2.14. The second-order valence-corrected chi connectivity index (χ2v) is 4.85. The standard InChI is InChI=1S/C19H18O3/c1-22-19(21)14-18(20)17-13-6-5-11-16(17)12-7-10-15-8-3-2-4-9-15/h2-11,13H,12,14H2,1H3/b10-7+.